The van der Waals surface area contributed by atoms with Crippen LogP contribution in [0.3, 0.4) is 0 Å². The molecule has 0 aromatic heterocycles. The molecule has 16 nitrogen and oxygen atoms in total. The van der Waals surface area contributed by atoms with Gasteiger partial charge in [-0.2, -0.15) is 0 Å². The van der Waals surface area contributed by atoms with Gasteiger partial charge in [0.15, 0.2) is 22.7 Å². The van der Waals surface area contributed by atoms with Crippen LogP contribution in [0, 0.1) is 65.0 Å². The molecule has 90 heavy (non-hydrogen) atoms. The van der Waals surface area contributed by atoms with E-state index in [1.54, 1.807) is 0 Å². The molecular formula is C72H124Ba2N8O8. The van der Waals surface area contributed by atoms with Crippen molar-refractivity contribution >= 4 is 167 Å². The summed E-state index contributed by atoms with van der Waals surface area (Å²) >= 11 is 0. The number of hydrogen-bond donors (Lipinski definition) is 0. The van der Waals surface area contributed by atoms with Gasteiger partial charge in [-0.25, -0.2) is 0 Å². The van der Waals surface area contributed by atoms with Gasteiger partial charge in [0.05, 0.1) is 69.6 Å². The van der Waals surface area contributed by atoms with Crippen molar-refractivity contribution < 1.29 is 39.6 Å². The fourth-order valence-corrected chi connectivity index (χ4v) is 11.9. The van der Waals surface area contributed by atoms with Gasteiger partial charge in [0.1, 0.15) is 0 Å². The average molecular weight is 1500 g/mol. The first-order valence-electron chi connectivity index (χ1n) is 32.5. The Morgan fingerprint density at radius 2 is 0.333 bits per heavy atom. The largest absolute Gasteiger partial charge is 2.00 e. The molecule has 0 N–H and O–H groups in total. The SMILES string of the molecule is CCCC(C)(C)C1(C(=O)[O-])N=C(C(C)(C)C)C(C(C)(C)C)=N1.CCCC(C)(C)C1(C(=O)[O-])N=C(C(C)(C)C)C(C(C)(C)C)=N1.CCCC(C)(C)C1(C(=O)[O-])N=C(C(C)(C)C)C(C(C)(C)C)=N1.CCCC(C)(C)C1(C(=O)[O-])N=C(C(C)(C)C)C(C(C)(C)C)=N1.[Ba+2].[Ba+2]. The van der Waals surface area contributed by atoms with Crippen molar-refractivity contribution in [1.82, 2.24) is 0 Å². The Morgan fingerprint density at radius 3 is 0.389 bits per heavy atom. The Morgan fingerprint density at radius 1 is 0.244 bits per heavy atom. The van der Waals surface area contributed by atoms with Crippen LogP contribution in [0.25, 0.3) is 0 Å². The number of nitrogens with zero attached hydrogens (tertiary/aromatic N) is 8. The summed E-state index contributed by atoms with van der Waals surface area (Å²) in [6, 6.07) is 0. The maximum Gasteiger partial charge on any atom is 2.00 e. The van der Waals surface area contributed by atoms with Crippen molar-refractivity contribution in [1.29, 1.82) is 0 Å². The van der Waals surface area contributed by atoms with Gasteiger partial charge < -0.3 is 39.6 Å². The van der Waals surface area contributed by atoms with Gasteiger partial charge in [0.2, 0.25) is 0 Å². The first-order chi connectivity index (χ1) is 38.8. The van der Waals surface area contributed by atoms with Gasteiger partial charge in [-0.3, -0.25) is 39.9 Å². The van der Waals surface area contributed by atoms with Crippen LogP contribution in [0.5, 0.6) is 0 Å². The molecule has 4 rings (SSSR count). The molecule has 4 aliphatic heterocycles. The minimum absolute atomic E-state index is 0. The molecule has 0 unspecified atom stereocenters. The van der Waals surface area contributed by atoms with Crippen molar-refractivity contribution in [2.75, 3.05) is 0 Å². The maximum atomic E-state index is 12.1. The van der Waals surface area contributed by atoms with E-state index in [1.165, 1.54) is 0 Å². The van der Waals surface area contributed by atoms with Crippen molar-refractivity contribution in [3.63, 3.8) is 0 Å². The molecule has 0 radical (unpaired) electrons. The quantitative estimate of drug-likeness (QED) is 0.134. The second kappa shape index (κ2) is 30.4. The van der Waals surface area contributed by atoms with Crippen LogP contribution in [0.15, 0.2) is 39.9 Å². The molecule has 0 saturated carbocycles. The van der Waals surface area contributed by atoms with Gasteiger partial charge in [0, 0.05) is 65.0 Å². The van der Waals surface area contributed by atoms with E-state index in [4.69, 9.17) is 0 Å². The van der Waals surface area contributed by atoms with Crippen LogP contribution < -0.4 is 20.4 Å². The summed E-state index contributed by atoms with van der Waals surface area (Å²) in [5.41, 5.74) is -4.23. The smallest absolute Gasteiger partial charge is 0.545 e. The Hall–Kier alpha value is -1.62. The van der Waals surface area contributed by atoms with Crippen molar-refractivity contribution in [3.8, 4) is 0 Å². The topological polar surface area (TPSA) is 259 Å². The number of carbonyl (C=O) groups excluding carboxylic acids is 4. The summed E-state index contributed by atoms with van der Waals surface area (Å²) in [5.74, 6) is -4.81. The van der Waals surface area contributed by atoms with Crippen LogP contribution in [-0.2, 0) is 19.2 Å². The number of carboxylic acids is 4. The van der Waals surface area contributed by atoms with E-state index in [0.29, 0.717) is 0 Å². The molecule has 0 atom stereocenters. The van der Waals surface area contributed by atoms with Crippen LogP contribution in [-0.4, -0.2) is 190 Å². The van der Waals surface area contributed by atoms with E-state index in [0.717, 1.165) is 97.1 Å². The van der Waals surface area contributed by atoms with E-state index in [2.05, 4.69) is 39.9 Å². The Kier molecular flexibility index (Phi) is 30.6. The molecule has 4 aliphatic rings. The summed E-state index contributed by atoms with van der Waals surface area (Å²) in [6.45, 7) is 72.7. The maximum absolute atomic E-state index is 12.1. The number of hydrogen-bond acceptors (Lipinski definition) is 16. The zero-order valence-corrected chi connectivity index (χ0v) is 72.8. The Bertz CT molecular complexity index is 2330. The number of carboxylic acid groups (broad SMARTS) is 4. The van der Waals surface area contributed by atoms with E-state index >= 15 is 0 Å². The summed E-state index contributed by atoms with van der Waals surface area (Å²) in [5, 5.41) is 48.3. The van der Waals surface area contributed by atoms with Gasteiger partial charge in [-0.15, -0.1) is 0 Å². The fraction of sp³-hybridized carbons (Fsp3) is 0.833. The molecule has 0 aliphatic carbocycles. The molecule has 504 valence electrons. The molecule has 0 amide bonds. The fourth-order valence-electron chi connectivity index (χ4n) is 11.9. The number of aliphatic imine (C=N–C) groups is 8. The minimum Gasteiger partial charge on any atom is -0.545 e. The molecule has 0 saturated heterocycles. The van der Waals surface area contributed by atoms with Gasteiger partial charge in [-0.05, 0) is 25.7 Å². The number of carbonyl (C=O) groups is 4. The van der Waals surface area contributed by atoms with E-state index in [1.807, 2.05) is 249 Å². The van der Waals surface area contributed by atoms with Crippen LogP contribution >= 0.6 is 0 Å². The zero-order chi connectivity index (χ0) is 70.2. The monoisotopic (exact) mass is 1500 g/mol. The zero-order valence-electron chi connectivity index (χ0n) is 63.9. The summed E-state index contributed by atoms with van der Waals surface area (Å²) in [4.78, 5) is 85.7. The minimum atomic E-state index is -1.52. The molecule has 0 aromatic rings. The standard InChI is InChI=1S/4C18H32N2O2.2Ba/c4*1-10-11-17(8,9)18(14(21)22)19-12(15(2,3)4)13(20-18)16(5,6)7;;/h4*10-11H2,1-9H3,(H,21,22);;/q;;;;2*+2/p-4. The van der Waals surface area contributed by atoms with Crippen molar-refractivity contribution in [3.05, 3.63) is 0 Å². The predicted octanol–water partition coefficient (Wildman–Crippen LogP) is 12.2. The van der Waals surface area contributed by atoms with Crippen molar-refractivity contribution in [2.45, 2.75) is 323 Å². The summed E-state index contributed by atoms with van der Waals surface area (Å²) < 4.78 is 0. The molecule has 18 heteroatoms. The normalized spacial score (nSPS) is 18.5. The summed E-state index contributed by atoms with van der Waals surface area (Å²) in [7, 11) is 0. The van der Waals surface area contributed by atoms with E-state index in [9.17, 15) is 39.6 Å². The second-order valence-electron chi connectivity index (χ2n) is 36.1. The van der Waals surface area contributed by atoms with E-state index < -0.39 is 68.2 Å². The third-order valence-electron chi connectivity index (χ3n) is 17.2. The van der Waals surface area contributed by atoms with Crippen LogP contribution in [0.2, 0.25) is 0 Å². The number of aliphatic carboxylic acids is 4. The van der Waals surface area contributed by atoms with Crippen LogP contribution in [0.4, 0.5) is 0 Å². The third-order valence-corrected chi connectivity index (χ3v) is 17.2. The molecule has 4 heterocycles. The molecular weight excluding hydrogens is 1380 g/mol. The molecule has 0 aromatic carbocycles. The molecule has 0 fully saturated rings. The van der Waals surface area contributed by atoms with Crippen LogP contribution in [0.1, 0.15) is 301 Å². The second-order valence-corrected chi connectivity index (χ2v) is 36.1. The Balaban J connectivity index is 0. The van der Waals surface area contributed by atoms with Gasteiger partial charge >= 0.3 is 97.8 Å². The number of rotatable bonds is 16. The Labute approximate surface area is 628 Å². The van der Waals surface area contributed by atoms with Gasteiger partial charge in [-0.1, -0.05) is 275 Å². The van der Waals surface area contributed by atoms with E-state index in [-0.39, 0.29) is 141 Å². The first kappa shape index (κ1) is 90.4. The molecule has 0 bridgehead atoms. The predicted molar refractivity (Wildman–Crippen MR) is 372 cm³/mol. The average Bonchev–Trinajstić information content (AvgIpc) is 4.12. The molecule has 0 spiro atoms. The van der Waals surface area contributed by atoms with Gasteiger partial charge in [0.25, 0.3) is 0 Å². The summed E-state index contributed by atoms with van der Waals surface area (Å²) in [6.07, 6.45) is 6.41. The third kappa shape index (κ3) is 19.8. The van der Waals surface area contributed by atoms with Crippen molar-refractivity contribution in [2.24, 2.45) is 105 Å². The first-order valence-corrected chi connectivity index (χ1v) is 32.5.